The van der Waals surface area contributed by atoms with Crippen LogP contribution >= 0.6 is 0 Å². The van der Waals surface area contributed by atoms with Crippen LogP contribution in [0.5, 0.6) is 0 Å². The minimum atomic E-state index is -1.17. The van der Waals surface area contributed by atoms with Gasteiger partial charge in [0.2, 0.25) is 5.91 Å². The number of hydrogen-bond acceptors (Lipinski definition) is 6. The molecule has 0 spiro atoms. The van der Waals surface area contributed by atoms with Crippen LogP contribution < -0.4 is 11.1 Å². The van der Waals surface area contributed by atoms with E-state index in [-0.39, 0.29) is 19.3 Å². The molecule has 0 bridgehead atoms. The molecular formula is C12H22N2O8. The van der Waals surface area contributed by atoms with Gasteiger partial charge in [-0.25, -0.2) is 0 Å². The van der Waals surface area contributed by atoms with Gasteiger partial charge in [-0.3, -0.25) is 19.2 Å². The number of carbonyl (C=O) groups excluding carboxylic acids is 1. The van der Waals surface area contributed by atoms with Gasteiger partial charge in [0.1, 0.15) is 12.1 Å². The molecule has 0 aromatic carbocycles. The van der Waals surface area contributed by atoms with Gasteiger partial charge in [-0.1, -0.05) is 0 Å². The van der Waals surface area contributed by atoms with Crippen LogP contribution in [0.2, 0.25) is 0 Å². The molecule has 10 heteroatoms. The van der Waals surface area contributed by atoms with Crippen molar-refractivity contribution in [3.63, 3.8) is 0 Å². The van der Waals surface area contributed by atoms with Crippen LogP contribution in [0.25, 0.3) is 0 Å². The lowest BCUT2D eigenvalue weighted by Crippen LogP contribution is -2.39. The van der Waals surface area contributed by atoms with Crippen LogP contribution in [0.3, 0.4) is 0 Å². The van der Waals surface area contributed by atoms with Crippen molar-refractivity contribution < 1.29 is 39.6 Å². The average molecular weight is 322 g/mol. The third kappa shape index (κ3) is 14.2. The molecule has 128 valence electrons. The Hall–Kier alpha value is -2.20. The van der Waals surface area contributed by atoms with Crippen molar-refractivity contribution in [1.29, 1.82) is 0 Å². The summed E-state index contributed by atoms with van der Waals surface area (Å²) in [4.78, 5) is 40.9. The molecule has 3 atom stereocenters. The van der Waals surface area contributed by atoms with Crippen molar-refractivity contribution in [2.24, 2.45) is 5.73 Å². The standard InChI is InChI=1S/C7H13NO4.C5H9NO4/c1-4(9)3-6(10)8-5(2)7(11)12;6-3(5(9)10)1-2-4(7)8/h4-5,9H,3H2,1-2H3,(H,8,10)(H,11,12);3H,1-2,6H2,(H,7,8)(H,9,10). The van der Waals surface area contributed by atoms with Crippen LogP contribution in [0.4, 0.5) is 0 Å². The van der Waals surface area contributed by atoms with E-state index in [4.69, 9.17) is 26.2 Å². The van der Waals surface area contributed by atoms with Crippen molar-refractivity contribution in [2.45, 2.75) is 51.3 Å². The van der Waals surface area contributed by atoms with E-state index in [1.165, 1.54) is 13.8 Å². The zero-order valence-electron chi connectivity index (χ0n) is 12.4. The second-order valence-corrected chi connectivity index (χ2v) is 4.56. The van der Waals surface area contributed by atoms with Gasteiger partial charge in [-0.05, 0) is 20.3 Å². The summed E-state index contributed by atoms with van der Waals surface area (Å²) in [5, 5.41) is 35.6. The molecule has 0 rings (SSSR count). The highest BCUT2D eigenvalue weighted by Crippen LogP contribution is 1.93. The number of aliphatic carboxylic acids is 3. The number of nitrogens with two attached hydrogens (primary N) is 1. The van der Waals surface area contributed by atoms with Crippen molar-refractivity contribution in [1.82, 2.24) is 5.32 Å². The van der Waals surface area contributed by atoms with E-state index in [1.807, 2.05) is 0 Å². The highest BCUT2D eigenvalue weighted by molar-refractivity contribution is 5.83. The first-order valence-electron chi connectivity index (χ1n) is 6.37. The van der Waals surface area contributed by atoms with Gasteiger partial charge in [-0.15, -0.1) is 0 Å². The lowest BCUT2D eigenvalue weighted by Gasteiger charge is -2.09. The number of aliphatic hydroxyl groups is 1. The van der Waals surface area contributed by atoms with Gasteiger partial charge < -0.3 is 31.5 Å². The number of aliphatic hydroxyl groups excluding tert-OH is 1. The molecule has 3 unspecified atom stereocenters. The maximum Gasteiger partial charge on any atom is 0.325 e. The lowest BCUT2D eigenvalue weighted by molar-refractivity contribution is -0.141. The van der Waals surface area contributed by atoms with E-state index in [9.17, 15) is 19.2 Å². The first-order valence-corrected chi connectivity index (χ1v) is 6.37. The van der Waals surface area contributed by atoms with Gasteiger partial charge >= 0.3 is 17.9 Å². The fraction of sp³-hybridized carbons (Fsp3) is 0.667. The molecule has 1 amide bonds. The van der Waals surface area contributed by atoms with E-state index >= 15 is 0 Å². The monoisotopic (exact) mass is 322 g/mol. The predicted molar refractivity (Wildman–Crippen MR) is 74.0 cm³/mol. The Morgan fingerprint density at radius 2 is 1.55 bits per heavy atom. The molecule has 0 heterocycles. The Bertz CT molecular complexity index is 397. The van der Waals surface area contributed by atoms with Crippen molar-refractivity contribution in [3.05, 3.63) is 0 Å². The Labute approximate surface area is 126 Å². The van der Waals surface area contributed by atoms with E-state index in [0.717, 1.165) is 0 Å². The number of carboxylic acid groups (broad SMARTS) is 3. The zero-order valence-corrected chi connectivity index (χ0v) is 12.4. The molecule has 0 aliphatic carbocycles. The van der Waals surface area contributed by atoms with Gasteiger partial charge in [0.25, 0.3) is 0 Å². The maximum atomic E-state index is 10.8. The van der Waals surface area contributed by atoms with Gasteiger partial charge in [0, 0.05) is 6.42 Å². The van der Waals surface area contributed by atoms with Crippen LogP contribution in [-0.4, -0.2) is 62.4 Å². The highest BCUT2D eigenvalue weighted by atomic mass is 16.4. The Morgan fingerprint density at radius 1 is 1.05 bits per heavy atom. The number of carbonyl (C=O) groups is 4. The Kier molecular flexibility index (Phi) is 11.5. The highest BCUT2D eigenvalue weighted by Gasteiger charge is 2.14. The Morgan fingerprint density at radius 3 is 1.86 bits per heavy atom. The van der Waals surface area contributed by atoms with Gasteiger partial charge in [0.15, 0.2) is 0 Å². The van der Waals surface area contributed by atoms with Crippen LogP contribution in [0.1, 0.15) is 33.1 Å². The number of carboxylic acids is 3. The molecule has 0 saturated heterocycles. The van der Waals surface area contributed by atoms with Crippen molar-refractivity contribution in [3.8, 4) is 0 Å². The third-order valence-electron chi connectivity index (χ3n) is 2.22. The van der Waals surface area contributed by atoms with Crippen molar-refractivity contribution >= 4 is 23.8 Å². The van der Waals surface area contributed by atoms with Crippen LogP contribution in [0, 0.1) is 0 Å². The largest absolute Gasteiger partial charge is 0.481 e. The quantitative estimate of drug-likeness (QED) is 0.312. The summed E-state index contributed by atoms with van der Waals surface area (Å²) >= 11 is 0. The first-order chi connectivity index (χ1) is 9.97. The number of rotatable bonds is 8. The van der Waals surface area contributed by atoms with E-state index in [1.54, 1.807) is 0 Å². The fourth-order valence-corrected chi connectivity index (χ4v) is 1.03. The number of amides is 1. The summed E-state index contributed by atoms with van der Waals surface area (Å²) in [6.45, 7) is 2.83. The number of hydrogen-bond donors (Lipinski definition) is 6. The van der Waals surface area contributed by atoms with Crippen LogP contribution in [0.15, 0.2) is 0 Å². The molecular weight excluding hydrogens is 300 g/mol. The molecule has 0 aromatic heterocycles. The molecule has 10 nitrogen and oxygen atoms in total. The summed E-state index contributed by atoms with van der Waals surface area (Å²) in [5.74, 6) is -3.74. The molecule has 0 fully saturated rings. The zero-order chi connectivity index (χ0) is 17.9. The molecule has 0 aliphatic heterocycles. The molecule has 0 aliphatic rings. The first kappa shape index (κ1) is 22.1. The lowest BCUT2D eigenvalue weighted by atomic mass is 10.2. The Balaban J connectivity index is 0. The molecule has 0 radical (unpaired) electrons. The van der Waals surface area contributed by atoms with E-state index in [2.05, 4.69) is 5.32 Å². The van der Waals surface area contributed by atoms with Crippen LogP contribution in [-0.2, 0) is 19.2 Å². The molecule has 22 heavy (non-hydrogen) atoms. The summed E-state index contributed by atoms with van der Waals surface area (Å²) in [6, 6.07) is -1.97. The SMILES string of the molecule is CC(O)CC(=O)NC(C)C(=O)O.NC(CCC(=O)O)C(=O)O. The van der Waals surface area contributed by atoms with Gasteiger partial charge in [0.05, 0.1) is 12.5 Å². The predicted octanol–water partition coefficient (Wildman–Crippen LogP) is -1.39. The second-order valence-electron chi connectivity index (χ2n) is 4.56. The van der Waals surface area contributed by atoms with Crippen molar-refractivity contribution in [2.75, 3.05) is 0 Å². The summed E-state index contributed by atoms with van der Waals surface area (Å²) in [5.41, 5.74) is 5.00. The fourth-order valence-electron chi connectivity index (χ4n) is 1.03. The maximum absolute atomic E-state index is 10.8. The minimum absolute atomic E-state index is 0.0231. The molecule has 7 N–H and O–H groups in total. The molecule has 0 aromatic rings. The summed E-state index contributed by atoms with van der Waals surface area (Å²) in [7, 11) is 0. The van der Waals surface area contributed by atoms with E-state index in [0.29, 0.717) is 0 Å². The minimum Gasteiger partial charge on any atom is -0.481 e. The average Bonchev–Trinajstić information content (AvgIpc) is 2.34. The topological polar surface area (TPSA) is 187 Å². The van der Waals surface area contributed by atoms with E-state index < -0.39 is 42.0 Å². The smallest absolute Gasteiger partial charge is 0.325 e. The molecule has 0 saturated carbocycles. The number of nitrogens with one attached hydrogen (secondary N) is 1. The summed E-state index contributed by atoms with van der Waals surface area (Å²) < 4.78 is 0. The summed E-state index contributed by atoms with van der Waals surface area (Å²) in [6.07, 6.45) is -1.04. The second kappa shape index (κ2) is 11.5. The third-order valence-corrected chi connectivity index (χ3v) is 2.22. The normalized spacial score (nSPS) is 13.8. The van der Waals surface area contributed by atoms with Gasteiger partial charge in [-0.2, -0.15) is 0 Å².